The van der Waals surface area contributed by atoms with E-state index in [0.717, 1.165) is 6.42 Å². The average molecular weight is 532 g/mol. The van der Waals surface area contributed by atoms with Gasteiger partial charge in [0.15, 0.2) is 0 Å². The van der Waals surface area contributed by atoms with E-state index in [1.54, 1.807) is 0 Å². The molecule has 1 heterocycles. The molecule has 1 aliphatic rings. The minimum atomic E-state index is 0.379. The first-order chi connectivity index (χ1) is 19.8. The van der Waals surface area contributed by atoms with Crippen LogP contribution in [0.25, 0.3) is 42.4 Å². The van der Waals surface area contributed by atoms with Crippen molar-refractivity contribution in [2.75, 3.05) is 0 Å². The zero-order chi connectivity index (χ0) is 26.7. The van der Waals surface area contributed by atoms with Crippen LogP contribution in [0.1, 0.15) is 29.0 Å². The fourth-order valence-electron chi connectivity index (χ4n) is 5.70. The number of rotatable bonds is 6. The monoisotopic (exact) mass is 531 g/mol. The van der Waals surface area contributed by atoms with Crippen molar-refractivity contribution in [2.24, 2.45) is 4.99 Å². The van der Waals surface area contributed by atoms with Crippen molar-refractivity contribution < 1.29 is 0 Å². The van der Waals surface area contributed by atoms with Gasteiger partial charge in [-0.25, -0.2) is 0 Å². The van der Waals surface area contributed by atoms with Gasteiger partial charge in [0.1, 0.15) is 0 Å². The van der Waals surface area contributed by atoms with Crippen LogP contribution in [0.15, 0.2) is 145 Å². The van der Waals surface area contributed by atoms with Gasteiger partial charge in [0.25, 0.3) is 0 Å². The quantitative estimate of drug-likeness (QED) is 0.190. The number of benzene rings is 5. The van der Waals surface area contributed by atoms with E-state index in [1.807, 2.05) is 11.3 Å². The zero-order valence-electron chi connectivity index (χ0n) is 22.2. The first-order valence-electron chi connectivity index (χ1n) is 13.9. The molecule has 1 aliphatic carbocycles. The van der Waals surface area contributed by atoms with E-state index in [2.05, 4.69) is 146 Å². The lowest BCUT2D eigenvalue weighted by Gasteiger charge is -2.15. The van der Waals surface area contributed by atoms with Gasteiger partial charge in [-0.15, -0.1) is 11.3 Å². The highest BCUT2D eigenvalue weighted by atomic mass is 32.1. The Morgan fingerprint density at radius 2 is 1.43 bits per heavy atom. The maximum absolute atomic E-state index is 4.91. The Labute approximate surface area is 239 Å². The summed E-state index contributed by atoms with van der Waals surface area (Å²) in [7, 11) is 0. The normalized spacial score (nSPS) is 14.9. The van der Waals surface area contributed by atoms with Gasteiger partial charge in [-0.3, -0.25) is 4.99 Å². The summed E-state index contributed by atoms with van der Waals surface area (Å²) in [5, 5.41) is 2.62. The minimum absolute atomic E-state index is 0.379. The van der Waals surface area contributed by atoms with Crippen LogP contribution in [-0.4, -0.2) is 6.21 Å². The largest absolute Gasteiger partial charge is 0.288 e. The van der Waals surface area contributed by atoms with Crippen molar-refractivity contribution >= 4 is 37.7 Å². The predicted molar refractivity (Wildman–Crippen MR) is 174 cm³/mol. The summed E-state index contributed by atoms with van der Waals surface area (Å²) in [6.07, 6.45) is 12.1. The molecule has 0 aliphatic heterocycles. The van der Waals surface area contributed by atoms with E-state index in [0.29, 0.717) is 12.5 Å². The number of nitrogens with zero attached hydrogens (tertiary/aromatic N) is 1. The first kappa shape index (κ1) is 24.5. The molecule has 1 aromatic heterocycles. The van der Waals surface area contributed by atoms with E-state index in [4.69, 9.17) is 4.99 Å². The third-order valence-corrected chi connectivity index (χ3v) is 8.99. The Morgan fingerprint density at radius 3 is 2.15 bits per heavy atom. The van der Waals surface area contributed by atoms with Gasteiger partial charge in [0.05, 0.1) is 6.54 Å². The van der Waals surface area contributed by atoms with Crippen molar-refractivity contribution in [1.82, 2.24) is 0 Å². The number of fused-ring (bicyclic) bond motifs is 3. The molecule has 0 saturated heterocycles. The van der Waals surface area contributed by atoms with E-state index in [1.165, 1.54) is 59.1 Å². The topological polar surface area (TPSA) is 12.4 Å². The predicted octanol–water partition coefficient (Wildman–Crippen LogP) is 10.6. The van der Waals surface area contributed by atoms with Crippen molar-refractivity contribution in [2.45, 2.75) is 18.9 Å². The zero-order valence-corrected chi connectivity index (χ0v) is 23.0. The molecule has 1 atom stereocenters. The van der Waals surface area contributed by atoms with Crippen LogP contribution < -0.4 is 0 Å². The highest BCUT2D eigenvalue weighted by Gasteiger charge is 2.20. The van der Waals surface area contributed by atoms with E-state index in [9.17, 15) is 0 Å². The van der Waals surface area contributed by atoms with Crippen LogP contribution in [-0.2, 0) is 6.54 Å². The van der Waals surface area contributed by atoms with Gasteiger partial charge in [-0.05, 0) is 46.4 Å². The summed E-state index contributed by atoms with van der Waals surface area (Å²) in [4.78, 5) is 4.91. The number of hydrogen-bond donors (Lipinski definition) is 0. The second kappa shape index (κ2) is 10.9. The molecule has 0 N–H and O–H groups in total. The smallest absolute Gasteiger partial charge is 0.0639 e. The Balaban J connectivity index is 1.49. The van der Waals surface area contributed by atoms with E-state index >= 15 is 0 Å². The molecule has 0 radical (unpaired) electrons. The molecule has 1 nitrogen and oxygen atoms in total. The van der Waals surface area contributed by atoms with Crippen LogP contribution >= 0.6 is 11.3 Å². The minimum Gasteiger partial charge on any atom is -0.288 e. The lowest BCUT2D eigenvalue weighted by Crippen LogP contribution is -1.97. The first-order valence-corrected chi connectivity index (χ1v) is 14.7. The average Bonchev–Trinajstić information content (AvgIpc) is 3.42. The molecule has 5 aromatic carbocycles. The van der Waals surface area contributed by atoms with Gasteiger partial charge < -0.3 is 0 Å². The molecule has 0 fully saturated rings. The third kappa shape index (κ3) is 4.72. The number of hydrogen-bond acceptors (Lipinski definition) is 2. The highest BCUT2D eigenvalue weighted by molar-refractivity contribution is 7.26. The number of aliphatic imine (C=N–C) groups is 1. The maximum atomic E-state index is 4.91. The summed E-state index contributed by atoms with van der Waals surface area (Å²) in [5.41, 5.74) is 8.81. The van der Waals surface area contributed by atoms with Gasteiger partial charge >= 0.3 is 0 Å². The Hall–Kier alpha value is -4.53. The van der Waals surface area contributed by atoms with Crippen LogP contribution in [0.5, 0.6) is 0 Å². The van der Waals surface area contributed by atoms with Crippen molar-refractivity contribution in [1.29, 1.82) is 0 Å². The van der Waals surface area contributed by atoms with Gasteiger partial charge in [0, 0.05) is 43.4 Å². The second-order valence-electron chi connectivity index (χ2n) is 10.3. The third-order valence-electron chi connectivity index (χ3n) is 7.70. The highest BCUT2D eigenvalue weighted by Crippen LogP contribution is 2.46. The Morgan fingerprint density at radius 1 is 0.700 bits per heavy atom. The molecule has 6 aromatic rings. The van der Waals surface area contributed by atoms with Crippen LogP contribution in [0.2, 0.25) is 0 Å². The van der Waals surface area contributed by atoms with Crippen molar-refractivity contribution in [3.05, 3.63) is 156 Å². The lowest BCUT2D eigenvalue weighted by molar-refractivity contribution is 0.863. The summed E-state index contributed by atoms with van der Waals surface area (Å²) < 4.78 is 2.70. The molecule has 0 saturated carbocycles. The molecule has 0 bridgehead atoms. The summed E-state index contributed by atoms with van der Waals surface area (Å²) >= 11 is 1.93. The Kier molecular flexibility index (Phi) is 6.69. The van der Waals surface area contributed by atoms with Crippen LogP contribution in [0.3, 0.4) is 0 Å². The molecule has 0 spiro atoms. The lowest BCUT2D eigenvalue weighted by atomic mass is 9.89. The molecule has 7 rings (SSSR count). The fourth-order valence-corrected chi connectivity index (χ4v) is 7.13. The van der Waals surface area contributed by atoms with Gasteiger partial charge in [-0.1, -0.05) is 127 Å². The standard InChI is InChI=1S/C38H29NS/c1-5-13-27(14-6-1)25-39-26-31-21-22-33(29-17-9-3-10-18-29)38-36(31)35-24-32(28-15-7-2-8-16-28)23-34(37(35)40-38)30-19-11-4-12-20-30/h1-17,19-24,26,29H,18,25H2. The summed E-state index contributed by atoms with van der Waals surface area (Å²) in [5.74, 6) is 0.379. The molecular formula is C38H29NS. The van der Waals surface area contributed by atoms with E-state index < -0.39 is 0 Å². The SMILES string of the molecule is C1=CCC(c2ccc(C=NCc3ccccc3)c3c2sc2c(-c4ccccc4)cc(-c4ccccc4)cc23)C=C1. The summed E-state index contributed by atoms with van der Waals surface area (Å²) in [6, 6.07) is 41.4. The maximum Gasteiger partial charge on any atom is 0.0639 e. The van der Waals surface area contributed by atoms with Crippen molar-refractivity contribution in [3.63, 3.8) is 0 Å². The van der Waals surface area contributed by atoms with Gasteiger partial charge in [0.2, 0.25) is 0 Å². The number of allylic oxidation sites excluding steroid dienone is 4. The molecular weight excluding hydrogens is 502 g/mol. The van der Waals surface area contributed by atoms with E-state index in [-0.39, 0.29) is 0 Å². The van der Waals surface area contributed by atoms with Crippen molar-refractivity contribution in [3.8, 4) is 22.3 Å². The van der Waals surface area contributed by atoms with Crippen LogP contribution in [0.4, 0.5) is 0 Å². The molecule has 0 amide bonds. The Bertz CT molecular complexity index is 1880. The second-order valence-corrected chi connectivity index (χ2v) is 11.3. The molecule has 1 unspecified atom stereocenters. The summed E-state index contributed by atoms with van der Waals surface area (Å²) in [6.45, 7) is 0.673. The fraction of sp³-hybridized carbons (Fsp3) is 0.0789. The van der Waals surface area contributed by atoms with Crippen LogP contribution in [0, 0.1) is 0 Å². The molecule has 192 valence electrons. The molecule has 2 heteroatoms. The molecule has 40 heavy (non-hydrogen) atoms. The van der Waals surface area contributed by atoms with Gasteiger partial charge in [-0.2, -0.15) is 0 Å². The number of thiophene rings is 1.